The van der Waals surface area contributed by atoms with Crippen LogP contribution in [0.25, 0.3) is 0 Å². The average molecular weight is 337 g/mol. The van der Waals surface area contributed by atoms with Gasteiger partial charge in [-0.2, -0.15) is 0 Å². The Bertz CT molecular complexity index is 686. The van der Waals surface area contributed by atoms with Crippen molar-refractivity contribution in [3.05, 3.63) is 29.8 Å². The minimum atomic E-state index is -3.54. The summed E-state index contributed by atoms with van der Waals surface area (Å²) >= 11 is 0. The highest BCUT2D eigenvalue weighted by atomic mass is 32.2. The number of rotatable bonds is 5. The van der Waals surface area contributed by atoms with Crippen LogP contribution in [0.1, 0.15) is 43.0 Å². The Morgan fingerprint density at radius 2 is 2.04 bits per heavy atom. The molecule has 0 aromatic heterocycles. The van der Waals surface area contributed by atoms with Crippen LogP contribution in [0, 0.1) is 0 Å². The molecule has 126 valence electrons. The van der Waals surface area contributed by atoms with Crippen molar-refractivity contribution in [2.75, 3.05) is 6.54 Å². The minimum Gasteiger partial charge on any atom is -0.348 e. The number of hydrogen-bond acceptors (Lipinski definition) is 4. The molecular formula is C16H23N3O3S. The number of sulfonamides is 1. The summed E-state index contributed by atoms with van der Waals surface area (Å²) < 4.78 is 27.1. The first kappa shape index (κ1) is 16.4. The second-order valence-corrected chi connectivity index (χ2v) is 8.10. The van der Waals surface area contributed by atoms with Gasteiger partial charge in [-0.1, -0.05) is 6.07 Å². The number of nitrogens with one attached hydrogen (secondary N) is 3. The molecule has 2 fully saturated rings. The monoisotopic (exact) mass is 337 g/mol. The lowest BCUT2D eigenvalue weighted by Gasteiger charge is -2.30. The van der Waals surface area contributed by atoms with E-state index in [0.717, 1.165) is 32.2 Å². The topological polar surface area (TPSA) is 87.3 Å². The lowest BCUT2D eigenvalue weighted by molar-refractivity contribution is 0.0919. The van der Waals surface area contributed by atoms with Gasteiger partial charge in [0.15, 0.2) is 0 Å². The van der Waals surface area contributed by atoms with E-state index in [2.05, 4.69) is 15.4 Å². The second-order valence-electron chi connectivity index (χ2n) is 6.39. The fraction of sp³-hybridized carbons (Fsp3) is 0.562. The summed E-state index contributed by atoms with van der Waals surface area (Å²) in [7, 11) is -3.54. The Morgan fingerprint density at radius 3 is 2.74 bits per heavy atom. The molecule has 0 bridgehead atoms. The SMILES string of the molecule is CC1NCCCC1NC(=O)c1cccc(S(=O)(=O)NC2CC2)c1. The Labute approximate surface area is 137 Å². The number of benzene rings is 1. The fourth-order valence-electron chi connectivity index (χ4n) is 2.79. The second kappa shape index (κ2) is 6.59. The molecule has 2 atom stereocenters. The van der Waals surface area contributed by atoms with Crippen molar-refractivity contribution in [3.63, 3.8) is 0 Å². The summed E-state index contributed by atoms with van der Waals surface area (Å²) in [4.78, 5) is 12.6. The zero-order chi connectivity index (χ0) is 16.4. The lowest BCUT2D eigenvalue weighted by atomic mass is 9.99. The molecule has 1 saturated heterocycles. The van der Waals surface area contributed by atoms with Gasteiger partial charge in [0, 0.05) is 23.7 Å². The quantitative estimate of drug-likeness (QED) is 0.748. The molecule has 1 saturated carbocycles. The van der Waals surface area contributed by atoms with Gasteiger partial charge in [-0.25, -0.2) is 13.1 Å². The highest BCUT2D eigenvalue weighted by molar-refractivity contribution is 7.89. The van der Waals surface area contributed by atoms with Crippen LogP contribution in [0.2, 0.25) is 0 Å². The number of carbonyl (C=O) groups is 1. The van der Waals surface area contributed by atoms with E-state index < -0.39 is 10.0 Å². The van der Waals surface area contributed by atoms with E-state index in [1.165, 1.54) is 12.1 Å². The first-order valence-corrected chi connectivity index (χ1v) is 9.61. The van der Waals surface area contributed by atoms with Crippen LogP contribution in [-0.4, -0.2) is 39.0 Å². The van der Waals surface area contributed by atoms with Crippen molar-refractivity contribution < 1.29 is 13.2 Å². The number of hydrogen-bond donors (Lipinski definition) is 3. The van der Waals surface area contributed by atoms with Crippen LogP contribution in [0.5, 0.6) is 0 Å². The summed E-state index contributed by atoms with van der Waals surface area (Å²) in [5.74, 6) is -0.228. The van der Waals surface area contributed by atoms with Crippen LogP contribution in [-0.2, 0) is 10.0 Å². The van der Waals surface area contributed by atoms with Gasteiger partial charge in [0.2, 0.25) is 10.0 Å². The van der Waals surface area contributed by atoms with Crippen LogP contribution in [0.15, 0.2) is 29.2 Å². The Balaban J connectivity index is 1.72. The number of piperidine rings is 1. The molecule has 1 heterocycles. The molecule has 0 spiro atoms. The molecule has 1 aliphatic carbocycles. The molecule has 1 aromatic rings. The van der Waals surface area contributed by atoms with Crippen molar-refractivity contribution >= 4 is 15.9 Å². The van der Waals surface area contributed by atoms with E-state index >= 15 is 0 Å². The highest BCUT2D eigenvalue weighted by Crippen LogP contribution is 2.22. The zero-order valence-electron chi connectivity index (χ0n) is 13.2. The molecule has 1 aromatic carbocycles. The maximum atomic E-state index is 12.4. The van der Waals surface area contributed by atoms with E-state index in [9.17, 15) is 13.2 Å². The van der Waals surface area contributed by atoms with E-state index in [4.69, 9.17) is 0 Å². The largest absolute Gasteiger partial charge is 0.348 e. The Kier molecular flexibility index (Phi) is 4.70. The minimum absolute atomic E-state index is 0.0478. The first-order valence-electron chi connectivity index (χ1n) is 8.12. The average Bonchev–Trinajstić information content (AvgIpc) is 3.33. The summed E-state index contributed by atoms with van der Waals surface area (Å²) in [6, 6.07) is 6.56. The Morgan fingerprint density at radius 1 is 1.26 bits per heavy atom. The van der Waals surface area contributed by atoms with E-state index in [1.54, 1.807) is 12.1 Å². The van der Waals surface area contributed by atoms with Crippen molar-refractivity contribution in [2.24, 2.45) is 0 Å². The molecular weight excluding hydrogens is 314 g/mol. The normalized spacial score (nSPS) is 25.1. The standard InChI is InChI=1S/C16H23N3O3S/c1-11-15(6-3-9-17-11)18-16(20)12-4-2-5-14(10-12)23(21,22)19-13-7-8-13/h2,4-5,10-11,13,15,17,19H,3,6-9H2,1H3,(H,18,20). The smallest absolute Gasteiger partial charge is 0.251 e. The molecule has 3 N–H and O–H groups in total. The molecule has 23 heavy (non-hydrogen) atoms. The van der Waals surface area contributed by atoms with Gasteiger partial charge >= 0.3 is 0 Å². The zero-order valence-corrected chi connectivity index (χ0v) is 14.0. The van der Waals surface area contributed by atoms with Gasteiger partial charge in [-0.3, -0.25) is 4.79 Å². The predicted octanol–water partition coefficient (Wildman–Crippen LogP) is 0.998. The summed E-state index contributed by atoms with van der Waals surface area (Å²) in [5.41, 5.74) is 0.376. The third-order valence-corrected chi connectivity index (χ3v) is 5.90. The molecule has 6 nitrogen and oxygen atoms in total. The van der Waals surface area contributed by atoms with Crippen LogP contribution in [0.3, 0.4) is 0 Å². The van der Waals surface area contributed by atoms with Crippen LogP contribution in [0.4, 0.5) is 0 Å². The van der Waals surface area contributed by atoms with Crippen molar-refractivity contribution in [2.45, 2.75) is 55.6 Å². The van der Waals surface area contributed by atoms with Gasteiger partial charge < -0.3 is 10.6 Å². The third kappa shape index (κ3) is 4.10. The van der Waals surface area contributed by atoms with Gasteiger partial charge in [0.25, 0.3) is 5.91 Å². The van der Waals surface area contributed by atoms with Crippen molar-refractivity contribution in [1.29, 1.82) is 0 Å². The summed E-state index contributed by atoms with van der Waals surface area (Å²) in [5, 5.41) is 6.33. The first-order chi connectivity index (χ1) is 11.0. The third-order valence-electron chi connectivity index (χ3n) is 4.38. The van der Waals surface area contributed by atoms with Crippen LogP contribution < -0.4 is 15.4 Å². The van der Waals surface area contributed by atoms with Gasteiger partial charge in [-0.15, -0.1) is 0 Å². The molecule has 7 heteroatoms. The van der Waals surface area contributed by atoms with Gasteiger partial charge in [0.05, 0.1) is 4.90 Å². The van der Waals surface area contributed by atoms with Crippen molar-refractivity contribution in [3.8, 4) is 0 Å². The number of carbonyl (C=O) groups excluding carboxylic acids is 1. The highest BCUT2D eigenvalue weighted by Gasteiger charge is 2.28. The molecule has 0 radical (unpaired) electrons. The van der Waals surface area contributed by atoms with E-state index in [-0.39, 0.29) is 28.9 Å². The number of amides is 1. The van der Waals surface area contributed by atoms with E-state index in [1.807, 2.05) is 6.92 Å². The molecule has 1 amide bonds. The predicted molar refractivity (Wildman–Crippen MR) is 87.7 cm³/mol. The maximum Gasteiger partial charge on any atom is 0.251 e. The van der Waals surface area contributed by atoms with Crippen molar-refractivity contribution in [1.82, 2.24) is 15.4 Å². The van der Waals surface area contributed by atoms with Gasteiger partial charge in [-0.05, 0) is 57.4 Å². The summed E-state index contributed by atoms with van der Waals surface area (Å²) in [6.07, 6.45) is 3.72. The Hall–Kier alpha value is -1.44. The van der Waals surface area contributed by atoms with E-state index in [0.29, 0.717) is 5.56 Å². The molecule has 3 rings (SSSR count). The molecule has 2 unspecified atom stereocenters. The molecule has 1 aliphatic heterocycles. The summed E-state index contributed by atoms with van der Waals surface area (Å²) in [6.45, 7) is 3.01. The van der Waals surface area contributed by atoms with Gasteiger partial charge in [0.1, 0.15) is 0 Å². The molecule has 2 aliphatic rings. The maximum absolute atomic E-state index is 12.4. The van der Waals surface area contributed by atoms with Crippen LogP contribution >= 0.6 is 0 Å². The fourth-order valence-corrected chi connectivity index (χ4v) is 4.14. The lowest BCUT2D eigenvalue weighted by Crippen LogP contribution is -2.51.